The molecule has 0 radical (unpaired) electrons. The summed E-state index contributed by atoms with van der Waals surface area (Å²) in [5, 5.41) is 3.62. The molecule has 1 aliphatic heterocycles. The summed E-state index contributed by atoms with van der Waals surface area (Å²) in [6, 6.07) is 5.13. The Morgan fingerprint density at radius 3 is 2.67 bits per heavy atom. The van der Waals surface area contributed by atoms with Crippen LogP contribution in [0.3, 0.4) is 0 Å². The van der Waals surface area contributed by atoms with Crippen molar-refractivity contribution in [3.8, 4) is 0 Å². The highest BCUT2D eigenvalue weighted by Crippen LogP contribution is 2.30. The number of aromatic nitrogens is 3. The van der Waals surface area contributed by atoms with Gasteiger partial charge in [0.2, 0.25) is 15.9 Å². The zero-order chi connectivity index (χ0) is 23.0. The summed E-state index contributed by atoms with van der Waals surface area (Å²) in [5.41, 5.74) is 2.63. The Balaban J connectivity index is 1.28. The molecule has 0 saturated carbocycles. The van der Waals surface area contributed by atoms with Gasteiger partial charge < -0.3 is 9.88 Å². The summed E-state index contributed by atoms with van der Waals surface area (Å²) in [6.45, 7) is 1.15. The first kappa shape index (κ1) is 22.5. The number of rotatable bonds is 6. The van der Waals surface area contributed by atoms with Gasteiger partial charge >= 0.3 is 0 Å². The van der Waals surface area contributed by atoms with E-state index in [1.165, 1.54) is 11.3 Å². The van der Waals surface area contributed by atoms with Crippen LogP contribution in [-0.2, 0) is 41.1 Å². The zero-order valence-corrected chi connectivity index (χ0v) is 20.5. The van der Waals surface area contributed by atoms with Gasteiger partial charge in [0.15, 0.2) is 5.13 Å². The van der Waals surface area contributed by atoms with E-state index in [0.29, 0.717) is 36.6 Å². The van der Waals surface area contributed by atoms with Crippen molar-refractivity contribution in [1.82, 2.24) is 18.8 Å². The molecule has 5 rings (SSSR count). The molecule has 0 atom stereocenters. The van der Waals surface area contributed by atoms with E-state index in [0.717, 1.165) is 55.6 Å². The first-order valence-electron chi connectivity index (χ1n) is 11.7. The SMILES string of the molecule is Cn1c(CCC(=O)Nc2nc3c(s2)CCCC3)nc2cc(S(=O)(=O)N3CCCCC3)ccc21. The molecule has 0 bridgehead atoms. The van der Waals surface area contributed by atoms with Crippen LogP contribution in [0.25, 0.3) is 11.0 Å². The molecule has 10 heteroatoms. The third-order valence-corrected chi connectivity index (χ3v) is 9.53. The van der Waals surface area contributed by atoms with Crippen LogP contribution in [0.15, 0.2) is 23.1 Å². The van der Waals surface area contributed by atoms with Crippen molar-refractivity contribution in [3.63, 3.8) is 0 Å². The van der Waals surface area contributed by atoms with Crippen LogP contribution in [-0.4, -0.2) is 46.3 Å². The highest BCUT2D eigenvalue weighted by molar-refractivity contribution is 7.89. The number of carbonyl (C=O) groups is 1. The van der Waals surface area contributed by atoms with Gasteiger partial charge in [0.25, 0.3) is 0 Å². The summed E-state index contributed by atoms with van der Waals surface area (Å²) in [4.78, 5) is 23.3. The molecule has 3 aromatic rings. The number of nitrogens with zero attached hydrogens (tertiary/aromatic N) is 4. The maximum Gasteiger partial charge on any atom is 0.243 e. The predicted molar refractivity (Wildman–Crippen MR) is 129 cm³/mol. The summed E-state index contributed by atoms with van der Waals surface area (Å²) >= 11 is 1.58. The molecule has 1 saturated heterocycles. The Hall–Kier alpha value is -2.30. The maximum absolute atomic E-state index is 13.0. The van der Waals surface area contributed by atoms with E-state index in [9.17, 15) is 13.2 Å². The highest BCUT2D eigenvalue weighted by atomic mass is 32.2. The molecule has 33 heavy (non-hydrogen) atoms. The van der Waals surface area contributed by atoms with Crippen molar-refractivity contribution in [2.45, 2.75) is 62.7 Å². The van der Waals surface area contributed by atoms with Crippen LogP contribution in [0.1, 0.15) is 54.9 Å². The van der Waals surface area contributed by atoms with Gasteiger partial charge in [0.1, 0.15) is 5.82 Å². The lowest BCUT2D eigenvalue weighted by molar-refractivity contribution is -0.116. The van der Waals surface area contributed by atoms with Crippen molar-refractivity contribution in [1.29, 1.82) is 0 Å². The van der Waals surface area contributed by atoms with E-state index in [-0.39, 0.29) is 10.8 Å². The number of fused-ring (bicyclic) bond motifs is 2. The van der Waals surface area contributed by atoms with Crippen molar-refractivity contribution in [2.75, 3.05) is 18.4 Å². The fourth-order valence-electron chi connectivity index (χ4n) is 4.68. The van der Waals surface area contributed by atoms with Gasteiger partial charge in [-0.25, -0.2) is 18.4 Å². The van der Waals surface area contributed by atoms with Gasteiger partial charge in [-0.2, -0.15) is 4.31 Å². The number of aryl methyl sites for hydroxylation is 4. The van der Waals surface area contributed by atoms with Crippen molar-refractivity contribution in [3.05, 3.63) is 34.6 Å². The summed E-state index contributed by atoms with van der Waals surface area (Å²) in [6.07, 6.45) is 8.05. The molecule has 0 spiro atoms. The van der Waals surface area contributed by atoms with E-state index < -0.39 is 10.0 Å². The van der Waals surface area contributed by atoms with Crippen LogP contribution in [0.5, 0.6) is 0 Å². The Bertz CT molecular complexity index is 1270. The molecule has 1 N–H and O–H groups in total. The van der Waals surface area contributed by atoms with E-state index in [4.69, 9.17) is 0 Å². The molecule has 1 fully saturated rings. The second kappa shape index (κ2) is 9.15. The fraction of sp³-hybridized carbons (Fsp3) is 0.522. The second-order valence-electron chi connectivity index (χ2n) is 8.85. The Morgan fingerprint density at radius 2 is 1.88 bits per heavy atom. The number of hydrogen-bond donors (Lipinski definition) is 1. The number of nitrogens with one attached hydrogen (secondary N) is 1. The van der Waals surface area contributed by atoms with Crippen LogP contribution >= 0.6 is 11.3 Å². The molecule has 8 nitrogen and oxygen atoms in total. The number of benzene rings is 1. The largest absolute Gasteiger partial charge is 0.331 e. The molecular formula is C23H29N5O3S2. The van der Waals surface area contributed by atoms with E-state index >= 15 is 0 Å². The van der Waals surface area contributed by atoms with Crippen molar-refractivity contribution < 1.29 is 13.2 Å². The number of carbonyl (C=O) groups excluding carboxylic acids is 1. The van der Waals surface area contributed by atoms with E-state index in [1.807, 2.05) is 17.7 Å². The minimum atomic E-state index is -3.50. The van der Waals surface area contributed by atoms with Gasteiger partial charge in [0, 0.05) is 37.9 Å². The summed E-state index contributed by atoms with van der Waals surface area (Å²) < 4.78 is 29.5. The molecule has 2 aliphatic rings. The fourth-order valence-corrected chi connectivity index (χ4v) is 7.28. The van der Waals surface area contributed by atoms with Gasteiger partial charge in [-0.15, -0.1) is 11.3 Å². The van der Waals surface area contributed by atoms with E-state index in [1.54, 1.807) is 27.8 Å². The standard InChI is InChI=1S/C23H29N5O3S2/c1-27-19-10-9-16(33(30,31)28-13-5-2-6-14-28)15-18(19)24-21(27)11-12-22(29)26-23-25-17-7-3-4-8-20(17)32-23/h9-10,15H,2-8,11-14H2,1H3,(H,25,26,29). The minimum absolute atomic E-state index is 0.0819. The lowest BCUT2D eigenvalue weighted by atomic mass is 10.0. The van der Waals surface area contributed by atoms with Gasteiger partial charge in [0.05, 0.1) is 21.6 Å². The zero-order valence-electron chi connectivity index (χ0n) is 18.8. The monoisotopic (exact) mass is 487 g/mol. The summed E-state index contributed by atoms with van der Waals surface area (Å²) in [7, 11) is -1.61. The molecule has 1 aromatic carbocycles. The van der Waals surface area contributed by atoms with Crippen LogP contribution in [0.4, 0.5) is 5.13 Å². The highest BCUT2D eigenvalue weighted by Gasteiger charge is 2.26. The minimum Gasteiger partial charge on any atom is -0.331 e. The first-order chi connectivity index (χ1) is 15.9. The number of thiazole rings is 1. The lowest BCUT2D eigenvalue weighted by Gasteiger charge is -2.25. The Morgan fingerprint density at radius 1 is 1.09 bits per heavy atom. The number of piperidine rings is 1. The number of imidazole rings is 1. The van der Waals surface area contributed by atoms with Gasteiger partial charge in [-0.05, 0) is 56.7 Å². The average Bonchev–Trinajstić information content (AvgIpc) is 3.37. The van der Waals surface area contributed by atoms with Crippen LogP contribution in [0.2, 0.25) is 0 Å². The number of anilines is 1. The normalized spacial score (nSPS) is 17.2. The topological polar surface area (TPSA) is 97.2 Å². The Labute approximate surface area is 198 Å². The number of amides is 1. The number of hydrogen-bond acceptors (Lipinski definition) is 6. The quantitative estimate of drug-likeness (QED) is 0.572. The van der Waals surface area contributed by atoms with Crippen molar-refractivity contribution >= 4 is 43.4 Å². The molecule has 1 aliphatic carbocycles. The molecule has 0 unspecified atom stereocenters. The van der Waals surface area contributed by atoms with Crippen LogP contribution in [0, 0.1) is 0 Å². The molecule has 176 valence electrons. The molecule has 3 heterocycles. The predicted octanol–water partition coefficient (Wildman–Crippen LogP) is 3.65. The third kappa shape index (κ3) is 4.56. The molecule has 2 aromatic heterocycles. The lowest BCUT2D eigenvalue weighted by Crippen LogP contribution is -2.35. The third-order valence-electron chi connectivity index (χ3n) is 6.57. The first-order valence-corrected chi connectivity index (χ1v) is 13.9. The molecular weight excluding hydrogens is 458 g/mol. The van der Waals surface area contributed by atoms with Crippen LogP contribution < -0.4 is 5.32 Å². The smallest absolute Gasteiger partial charge is 0.243 e. The molecule has 1 amide bonds. The second-order valence-corrected chi connectivity index (χ2v) is 11.9. The van der Waals surface area contributed by atoms with Gasteiger partial charge in [-0.3, -0.25) is 4.79 Å². The number of sulfonamides is 1. The maximum atomic E-state index is 13.0. The average molecular weight is 488 g/mol. The van der Waals surface area contributed by atoms with E-state index in [2.05, 4.69) is 15.3 Å². The Kier molecular flexibility index (Phi) is 6.24. The summed E-state index contributed by atoms with van der Waals surface area (Å²) in [5.74, 6) is 0.674. The van der Waals surface area contributed by atoms with Gasteiger partial charge in [-0.1, -0.05) is 6.42 Å². The van der Waals surface area contributed by atoms with Crippen molar-refractivity contribution in [2.24, 2.45) is 7.05 Å².